The number of halogens is 3. The van der Waals surface area contributed by atoms with E-state index in [1.165, 1.54) is 0 Å². The quantitative estimate of drug-likeness (QED) is 0.393. The van der Waals surface area contributed by atoms with E-state index in [0.717, 1.165) is 6.42 Å². The van der Waals surface area contributed by atoms with Crippen LogP contribution in [0.1, 0.15) is 6.42 Å². The van der Waals surface area contributed by atoms with Crippen molar-refractivity contribution < 1.29 is 9.47 Å². The van der Waals surface area contributed by atoms with Crippen molar-refractivity contribution in [2.75, 3.05) is 26.9 Å². The van der Waals surface area contributed by atoms with Gasteiger partial charge in [0.05, 0.1) is 0 Å². The fraction of sp³-hybridized carbons (Fsp3) is 1.00. The Morgan fingerprint density at radius 3 is 2.25 bits per heavy atom. The molecule has 0 aliphatic rings. The summed E-state index contributed by atoms with van der Waals surface area (Å²) in [5.41, 5.74) is 0. The van der Waals surface area contributed by atoms with E-state index in [-0.39, 0.29) is 0 Å². The Balaban J connectivity index is 3.01. The normalized spacial score (nSPS) is 12.0. The lowest BCUT2D eigenvalue weighted by atomic mass is 10.5. The molecule has 0 aromatic heterocycles. The van der Waals surface area contributed by atoms with Gasteiger partial charge >= 0.3 is 6.00 Å². The first-order chi connectivity index (χ1) is 5.56. The van der Waals surface area contributed by atoms with Gasteiger partial charge < -0.3 is 9.47 Å². The molecule has 0 rings (SSSR count). The molecule has 0 aromatic carbocycles. The minimum absolute atomic E-state index is 0.534. The van der Waals surface area contributed by atoms with Crippen molar-refractivity contribution in [1.29, 1.82) is 0 Å². The largest absolute Gasteiger partial charge is 0.385 e. The van der Waals surface area contributed by atoms with Crippen LogP contribution < -0.4 is 0 Å². The smallest absolute Gasteiger partial charge is 0.343 e. The molecule has 0 amide bonds. The van der Waals surface area contributed by atoms with Crippen LogP contribution in [0, 0.1) is 0 Å². The van der Waals surface area contributed by atoms with Gasteiger partial charge in [0.1, 0.15) is 0 Å². The Morgan fingerprint density at radius 2 is 1.75 bits per heavy atom. The topological polar surface area (TPSA) is 18.5 Å². The Morgan fingerprint density at radius 1 is 1.08 bits per heavy atom. The second kappa shape index (κ2) is 7.41. The highest BCUT2D eigenvalue weighted by atomic mass is 35.8. The van der Waals surface area contributed by atoms with E-state index in [1.807, 2.05) is 0 Å². The van der Waals surface area contributed by atoms with Gasteiger partial charge in [0.2, 0.25) is 0 Å². The first-order valence-electron chi connectivity index (χ1n) is 3.69. The Labute approximate surface area is 88.2 Å². The molecule has 0 atom stereocenters. The van der Waals surface area contributed by atoms with Crippen molar-refractivity contribution >= 4 is 39.2 Å². The maximum atomic E-state index is 5.64. The summed E-state index contributed by atoms with van der Waals surface area (Å²) in [7, 11) is 1.66. The zero-order valence-corrected chi connectivity index (χ0v) is 10.3. The van der Waals surface area contributed by atoms with Crippen LogP contribution in [0.5, 0.6) is 0 Å². The zero-order valence-electron chi connectivity index (χ0n) is 6.99. The molecule has 0 bridgehead atoms. The van der Waals surface area contributed by atoms with Crippen LogP contribution in [-0.4, -0.2) is 32.9 Å². The van der Waals surface area contributed by atoms with Crippen molar-refractivity contribution in [3.05, 3.63) is 0 Å². The maximum Gasteiger partial charge on any atom is 0.343 e. The SMILES string of the molecule is COCCCOCC[Si](Cl)(Cl)Cl. The molecular formula is C6H13Cl3O2Si. The van der Waals surface area contributed by atoms with Crippen molar-refractivity contribution in [3.8, 4) is 0 Å². The van der Waals surface area contributed by atoms with E-state index in [1.54, 1.807) is 7.11 Å². The van der Waals surface area contributed by atoms with Gasteiger partial charge in [-0.3, -0.25) is 0 Å². The average molecular weight is 252 g/mol. The van der Waals surface area contributed by atoms with Gasteiger partial charge in [0.25, 0.3) is 0 Å². The molecule has 0 heterocycles. The number of rotatable bonds is 7. The van der Waals surface area contributed by atoms with Gasteiger partial charge in [-0.1, -0.05) is 0 Å². The molecule has 0 saturated heterocycles. The van der Waals surface area contributed by atoms with Crippen LogP contribution in [0.4, 0.5) is 0 Å². The molecule has 2 nitrogen and oxygen atoms in total. The molecule has 0 radical (unpaired) electrons. The molecule has 0 unspecified atom stereocenters. The third-order valence-electron chi connectivity index (χ3n) is 1.17. The molecule has 0 aliphatic heterocycles. The fourth-order valence-corrected chi connectivity index (χ4v) is 1.67. The second-order valence-electron chi connectivity index (χ2n) is 2.32. The van der Waals surface area contributed by atoms with Gasteiger partial charge in [-0.05, 0) is 6.42 Å². The zero-order chi connectivity index (χ0) is 9.45. The standard InChI is InChI=1S/C6H13Cl3O2Si/c1-10-3-2-4-11-5-6-12(7,8)9/h2-6H2,1H3. The number of ether oxygens (including phenoxy) is 2. The molecule has 0 saturated carbocycles. The van der Waals surface area contributed by atoms with Crippen molar-refractivity contribution in [2.24, 2.45) is 0 Å². The van der Waals surface area contributed by atoms with E-state index >= 15 is 0 Å². The molecular weight excluding hydrogens is 239 g/mol. The third kappa shape index (κ3) is 11.0. The van der Waals surface area contributed by atoms with E-state index < -0.39 is 6.00 Å². The van der Waals surface area contributed by atoms with Crippen LogP contribution in [0.2, 0.25) is 6.04 Å². The summed E-state index contributed by atoms with van der Waals surface area (Å²) >= 11 is 16.9. The predicted octanol–water partition coefficient (Wildman–Crippen LogP) is 2.69. The lowest BCUT2D eigenvalue weighted by Gasteiger charge is -2.07. The summed E-state index contributed by atoms with van der Waals surface area (Å²) in [4.78, 5) is 0. The number of hydrogen-bond donors (Lipinski definition) is 0. The molecule has 0 aromatic rings. The first-order valence-corrected chi connectivity index (χ1v) is 8.94. The fourth-order valence-electron chi connectivity index (χ4n) is 0.595. The maximum absolute atomic E-state index is 5.64. The van der Waals surface area contributed by atoms with Crippen molar-refractivity contribution in [1.82, 2.24) is 0 Å². The summed E-state index contributed by atoms with van der Waals surface area (Å²) in [5.74, 6) is 0. The van der Waals surface area contributed by atoms with Crippen LogP contribution >= 0.6 is 33.2 Å². The Kier molecular flexibility index (Phi) is 8.04. The number of methoxy groups -OCH3 is 1. The van der Waals surface area contributed by atoms with E-state index in [4.69, 9.17) is 42.7 Å². The van der Waals surface area contributed by atoms with E-state index in [0.29, 0.717) is 25.9 Å². The van der Waals surface area contributed by atoms with Gasteiger partial charge in [-0.15, -0.1) is 33.2 Å². The monoisotopic (exact) mass is 250 g/mol. The summed E-state index contributed by atoms with van der Waals surface area (Å²) in [6.07, 6.45) is 0.887. The van der Waals surface area contributed by atoms with Crippen LogP contribution in [-0.2, 0) is 9.47 Å². The van der Waals surface area contributed by atoms with E-state index in [9.17, 15) is 0 Å². The molecule has 6 heteroatoms. The lowest BCUT2D eigenvalue weighted by molar-refractivity contribution is 0.111. The summed E-state index contributed by atoms with van der Waals surface area (Å²) in [5, 5.41) is 0. The van der Waals surface area contributed by atoms with E-state index in [2.05, 4.69) is 0 Å². The molecule has 0 spiro atoms. The highest BCUT2D eigenvalue weighted by Gasteiger charge is 2.23. The van der Waals surface area contributed by atoms with Gasteiger partial charge in [-0.2, -0.15) is 0 Å². The average Bonchev–Trinajstić information content (AvgIpc) is 1.94. The minimum atomic E-state index is -2.47. The van der Waals surface area contributed by atoms with Gasteiger partial charge in [0.15, 0.2) is 0 Å². The second-order valence-corrected chi connectivity index (χ2v) is 11.6. The van der Waals surface area contributed by atoms with Gasteiger partial charge in [-0.25, -0.2) is 0 Å². The summed E-state index contributed by atoms with van der Waals surface area (Å²) < 4.78 is 10.1. The Bertz CT molecular complexity index is 107. The molecule has 0 fully saturated rings. The highest BCUT2D eigenvalue weighted by molar-refractivity contribution is 7.64. The van der Waals surface area contributed by atoms with Crippen molar-refractivity contribution in [2.45, 2.75) is 12.5 Å². The summed E-state index contributed by atoms with van der Waals surface area (Å²) in [6, 6.07) is -1.91. The van der Waals surface area contributed by atoms with Crippen molar-refractivity contribution in [3.63, 3.8) is 0 Å². The van der Waals surface area contributed by atoms with Crippen LogP contribution in [0.15, 0.2) is 0 Å². The van der Waals surface area contributed by atoms with Crippen LogP contribution in [0.25, 0.3) is 0 Å². The lowest BCUT2D eigenvalue weighted by Crippen LogP contribution is -2.13. The predicted molar refractivity (Wildman–Crippen MR) is 55.4 cm³/mol. The third-order valence-corrected chi connectivity index (χ3v) is 3.64. The molecule has 12 heavy (non-hydrogen) atoms. The Hall–Kier alpha value is 1.01. The number of hydrogen-bond acceptors (Lipinski definition) is 2. The summed E-state index contributed by atoms with van der Waals surface area (Å²) in [6.45, 7) is 1.92. The molecule has 74 valence electrons. The molecule has 0 N–H and O–H groups in total. The van der Waals surface area contributed by atoms with Gasteiger partial charge in [0, 0.05) is 33.0 Å². The highest BCUT2D eigenvalue weighted by Crippen LogP contribution is 2.24. The first kappa shape index (κ1) is 13.0. The minimum Gasteiger partial charge on any atom is -0.385 e. The molecule has 0 aliphatic carbocycles. The van der Waals surface area contributed by atoms with Crippen LogP contribution in [0.3, 0.4) is 0 Å².